The van der Waals surface area contributed by atoms with Gasteiger partial charge < -0.3 is 18.8 Å². The minimum Gasteiger partial charge on any atom is -0.422 e. The van der Waals surface area contributed by atoms with E-state index < -0.39 is 5.63 Å². The summed E-state index contributed by atoms with van der Waals surface area (Å²) in [5.41, 5.74) is 4.68. The molecule has 0 spiro atoms. The predicted octanol–water partition coefficient (Wildman–Crippen LogP) is 2.23. The summed E-state index contributed by atoms with van der Waals surface area (Å²) in [6.07, 6.45) is 3.74. The maximum Gasteiger partial charge on any atom is 0.345 e. The summed E-state index contributed by atoms with van der Waals surface area (Å²) in [6.45, 7) is 8.30. The highest BCUT2D eigenvalue weighted by Gasteiger charge is 2.18. The van der Waals surface area contributed by atoms with Gasteiger partial charge >= 0.3 is 5.63 Å². The zero-order valence-electron chi connectivity index (χ0n) is 17.7. The lowest BCUT2D eigenvalue weighted by Gasteiger charge is -2.35. The molecule has 0 aliphatic carbocycles. The monoisotopic (exact) mass is 419 g/mol. The van der Waals surface area contributed by atoms with Crippen LogP contribution in [0.2, 0.25) is 0 Å². The fraction of sp³-hybridized carbons (Fsp3) is 0.348. The van der Waals surface area contributed by atoms with Crippen LogP contribution in [0.5, 0.6) is 0 Å². The average molecular weight is 419 g/mol. The Bertz CT molecular complexity index is 1320. The Hall–Kier alpha value is -3.23. The molecule has 0 unspecified atom stereocenters. The molecule has 31 heavy (non-hydrogen) atoms. The van der Waals surface area contributed by atoms with Crippen LogP contribution < -0.4 is 10.5 Å². The van der Waals surface area contributed by atoms with Gasteiger partial charge in [0.2, 0.25) is 0 Å². The molecule has 0 saturated carbocycles. The third kappa shape index (κ3) is 3.68. The molecule has 1 N–H and O–H groups in total. The van der Waals surface area contributed by atoms with Gasteiger partial charge in [0.05, 0.1) is 29.3 Å². The molecular formula is C23H25N5O3. The molecule has 5 rings (SSSR count). The fourth-order valence-electron chi connectivity index (χ4n) is 4.28. The summed E-state index contributed by atoms with van der Waals surface area (Å²) in [7, 11) is 0. The third-order valence-electron chi connectivity index (χ3n) is 5.88. The molecule has 1 fully saturated rings. The molecule has 1 aliphatic heterocycles. The second kappa shape index (κ2) is 7.79. The van der Waals surface area contributed by atoms with Crippen LogP contribution in [0.15, 0.2) is 45.9 Å². The van der Waals surface area contributed by atoms with E-state index in [0.717, 1.165) is 54.3 Å². The Balaban J connectivity index is 1.47. The fourth-order valence-corrected chi connectivity index (χ4v) is 4.28. The number of rotatable bonds is 4. The van der Waals surface area contributed by atoms with Crippen molar-refractivity contribution in [3.05, 3.63) is 58.5 Å². The van der Waals surface area contributed by atoms with Gasteiger partial charge in [-0.1, -0.05) is 0 Å². The van der Waals surface area contributed by atoms with Gasteiger partial charge in [-0.2, -0.15) is 0 Å². The molecule has 1 aromatic carbocycles. The first-order valence-electron chi connectivity index (χ1n) is 10.5. The molecule has 8 heteroatoms. The standard InChI is InChI=1S/C23H25N5O3/c1-15-13-28-14-20(25-22(28)16(2)24-15)19-11-17-3-4-18(12-21(17)31-23(19)30)27-7-5-26(6-8-27)9-10-29/h3-4,11-14,29H,5-10H2,1-2H3. The lowest BCUT2D eigenvalue weighted by Crippen LogP contribution is -2.47. The van der Waals surface area contributed by atoms with Gasteiger partial charge in [0, 0.05) is 62.3 Å². The summed E-state index contributed by atoms with van der Waals surface area (Å²) in [5.74, 6) is 0. The Morgan fingerprint density at radius 2 is 1.87 bits per heavy atom. The lowest BCUT2D eigenvalue weighted by atomic mass is 10.1. The number of nitrogens with zero attached hydrogens (tertiary/aromatic N) is 5. The van der Waals surface area contributed by atoms with Crippen LogP contribution >= 0.6 is 0 Å². The molecule has 1 aliphatic rings. The van der Waals surface area contributed by atoms with Crippen molar-refractivity contribution in [2.75, 3.05) is 44.2 Å². The Kier molecular flexibility index (Phi) is 4.95. The molecule has 4 heterocycles. The van der Waals surface area contributed by atoms with Gasteiger partial charge in [-0.25, -0.2) is 9.78 Å². The van der Waals surface area contributed by atoms with E-state index in [9.17, 15) is 4.79 Å². The molecule has 4 aromatic rings. The average Bonchev–Trinajstić information content (AvgIpc) is 3.18. The van der Waals surface area contributed by atoms with Crippen molar-refractivity contribution in [3.63, 3.8) is 0 Å². The van der Waals surface area contributed by atoms with Crippen molar-refractivity contribution in [1.82, 2.24) is 19.3 Å². The summed E-state index contributed by atoms with van der Waals surface area (Å²) >= 11 is 0. The first kappa shape index (κ1) is 19.7. The van der Waals surface area contributed by atoms with E-state index in [-0.39, 0.29) is 6.61 Å². The molecule has 160 valence electrons. The number of aliphatic hydroxyl groups is 1. The second-order valence-corrected chi connectivity index (χ2v) is 8.05. The quantitative estimate of drug-likeness (QED) is 0.508. The van der Waals surface area contributed by atoms with Crippen LogP contribution in [0, 0.1) is 13.8 Å². The van der Waals surface area contributed by atoms with E-state index in [4.69, 9.17) is 9.52 Å². The van der Waals surface area contributed by atoms with Gasteiger partial charge in [0.25, 0.3) is 0 Å². The Labute approximate surface area is 179 Å². The number of aromatic nitrogens is 3. The largest absolute Gasteiger partial charge is 0.422 e. The number of aliphatic hydroxyl groups excluding tert-OH is 1. The van der Waals surface area contributed by atoms with E-state index in [1.807, 2.05) is 48.8 Å². The third-order valence-corrected chi connectivity index (χ3v) is 5.88. The molecule has 3 aromatic heterocycles. The smallest absolute Gasteiger partial charge is 0.345 e. The Morgan fingerprint density at radius 3 is 2.65 bits per heavy atom. The zero-order valence-corrected chi connectivity index (χ0v) is 17.7. The minimum absolute atomic E-state index is 0.186. The first-order chi connectivity index (χ1) is 15.0. The normalized spacial score (nSPS) is 15.3. The number of β-amino-alcohol motifs (C(OH)–C–C–N with tert-alkyl or cyclic N) is 1. The summed E-state index contributed by atoms with van der Waals surface area (Å²) < 4.78 is 7.60. The van der Waals surface area contributed by atoms with Crippen molar-refractivity contribution >= 4 is 22.3 Å². The van der Waals surface area contributed by atoms with Crippen molar-refractivity contribution in [2.24, 2.45) is 0 Å². The van der Waals surface area contributed by atoms with Gasteiger partial charge in [-0.15, -0.1) is 0 Å². The van der Waals surface area contributed by atoms with Crippen LogP contribution in [0.1, 0.15) is 11.4 Å². The van der Waals surface area contributed by atoms with E-state index in [1.165, 1.54) is 0 Å². The first-order valence-corrected chi connectivity index (χ1v) is 10.5. The lowest BCUT2D eigenvalue weighted by molar-refractivity contribution is 0.189. The summed E-state index contributed by atoms with van der Waals surface area (Å²) in [4.78, 5) is 26.4. The number of imidazole rings is 1. The molecule has 0 bridgehead atoms. The maximum absolute atomic E-state index is 12.8. The number of piperazine rings is 1. The molecule has 8 nitrogen and oxygen atoms in total. The zero-order chi connectivity index (χ0) is 21.5. The molecule has 0 radical (unpaired) electrons. The molecule has 0 atom stereocenters. The highest BCUT2D eigenvalue weighted by Crippen LogP contribution is 2.26. The number of hydrogen-bond acceptors (Lipinski definition) is 7. The van der Waals surface area contributed by atoms with Crippen LogP contribution in [0.3, 0.4) is 0 Å². The summed E-state index contributed by atoms with van der Waals surface area (Å²) in [6, 6.07) is 7.84. The highest BCUT2D eigenvalue weighted by atomic mass is 16.4. The number of aryl methyl sites for hydroxylation is 2. The second-order valence-electron chi connectivity index (χ2n) is 8.05. The van der Waals surface area contributed by atoms with Crippen molar-refractivity contribution < 1.29 is 9.52 Å². The number of anilines is 1. The van der Waals surface area contributed by atoms with Crippen LogP contribution in [-0.2, 0) is 0 Å². The van der Waals surface area contributed by atoms with E-state index in [0.29, 0.717) is 23.4 Å². The van der Waals surface area contributed by atoms with Gasteiger partial charge in [0.1, 0.15) is 5.58 Å². The highest BCUT2D eigenvalue weighted by molar-refractivity contribution is 5.84. The van der Waals surface area contributed by atoms with Crippen LogP contribution in [0.4, 0.5) is 5.69 Å². The number of fused-ring (bicyclic) bond motifs is 2. The van der Waals surface area contributed by atoms with Crippen LogP contribution in [-0.4, -0.2) is 63.7 Å². The predicted molar refractivity (Wildman–Crippen MR) is 120 cm³/mol. The van der Waals surface area contributed by atoms with Gasteiger partial charge in [-0.3, -0.25) is 9.88 Å². The van der Waals surface area contributed by atoms with Gasteiger partial charge in [-0.05, 0) is 32.0 Å². The molecule has 0 amide bonds. The summed E-state index contributed by atoms with van der Waals surface area (Å²) in [5, 5.41) is 9.97. The maximum atomic E-state index is 12.8. The van der Waals surface area contributed by atoms with Crippen molar-refractivity contribution in [2.45, 2.75) is 13.8 Å². The van der Waals surface area contributed by atoms with Gasteiger partial charge in [0.15, 0.2) is 5.65 Å². The van der Waals surface area contributed by atoms with E-state index in [2.05, 4.69) is 25.8 Å². The number of benzene rings is 1. The molecule has 1 saturated heterocycles. The SMILES string of the molecule is Cc1cn2cc(-c3cc4ccc(N5CCN(CCO)CC5)cc4oc3=O)nc2c(C)n1. The minimum atomic E-state index is -0.400. The topological polar surface area (TPSA) is 87.1 Å². The van der Waals surface area contributed by atoms with Crippen LogP contribution in [0.25, 0.3) is 27.9 Å². The van der Waals surface area contributed by atoms with E-state index in [1.54, 1.807) is 0 Å². The van der Waals surface area contributed by atoms with Crippen molar-refractivity contribution in [1.29, 1.82) is 0 Å². The Morgan fingerprint density at radius 1 is 1.06 bits per heavy atom. The van der Waals surface area contributed by atoms with E-state index >= 15 is 0 Å². The molecular weight excluding hydrogens is 394 g/mol. The van der Waals surface area contributed by atoms with Crippen molar-refractivity contribution in [3.8, 4) is 11.3 Å². The number of hydrogen-bond donors (Lipinski definition) is 1.